The van der Waals surface area contributed by atoms with Crippen molar-refractivity contribution >= 4 is 0 Å². The van der Waals surface area contributed by atoms with E-state index in [-0.39, 0.29) is 25.4 Å². The molecular weight excluding hydrogens is 230 g/mol. The van der Waals surface area contributed by atoms with E-state index < -0.39 is 0 Å². The van der Waals surface area contributed by atoms with Crippen molar-refractivity contribution in [2.45, 2.75) is 31.7 Å². The van der Waals surface area contributed by atoms with Crippen LogP contribution >= 0.6 is 0 Å². The Balaban J connectivity index is 1.98. The highest BCUT2D eigenvalue weighted by Crippen LogP contribution is 2.22. The maximum absolute atomic E-state index is 9.38. The third kappa shape index (κ3) is 3.09. The summed E-state index contributed by atoms with van der Waals surface area (Å²) in [6, 6.07) is 8.12. The van der Waals surface area contributed by atoms with Gasteiger partial charge in [0.2, 0.25) is 0 Å². The maximum atomic E-state index is 9.38. The first-order chi connectivity index (χ1) is 8.76. The first-order valence-electron chi connectivity index (χ1n) is 6.33. The minimum absolute atomic E-state index is 0.0784. The first-order valence-corrected chi connectivity index (χ1v) is 6.33. The molecule has 1 aromatic rings. The number of hydrogen-bond acceptors (Lipinski definition) is 4. The number of nitrogens with zero attached hydrogens (tertiary/aromatic N) is 1. The van der Waals surface area contributed by atoms with Gasteiger partial charge in [-0.3, -0.25) is 4.90 Å². The van der Waals surface area contributed by atoms with Gasteiger partial charge in [0.15, 0.2) is 0 Å². The quantitative estimate of drug-likeness (QED) is 0.811. The molecule has 1 saturated heterocycles. The van der Waals surface area contributed by atoms with E-state index in [0.29, 0.717) is 0 Å². The van der Waals surface area contributed by atoms with Crippen LogP contribution in [-0.2, 0) is 17.9 Å². The van der Waals surface area contributed by atoms with Gasteiger partial charge in [-0.1, -0.05) is 24.3 Å². The number of hydrogen-bond donors (Lipinski definition) is 2. The Bertz CT molecular complexity index is 366. The molecule has 0 radical (unpaired) electrons. The molecule has 0 saturated carbocycles. The van der Waals surface area contributed by atoms with Crippen LogP contribution in [0.4, 0.5) is 0 Å². The topological polar surface area (TPSA) is 52.9 Å². The summed E-state index contributed by atoms with van der Waals surface area (Å²) < 4.78 is 5.36. The SMILES string of the molecule is CO[C@@H]1C[C@@H](CO)N(Cc2ccc(CO)cc2)C1. The Morgan fingerprint density at radius 2 is 1.89 bits per heavy atom. The van der Waals surface area contributed by atoms with Gasteiger partial charge >= 0.3 is 0 Å². The summed E-state index contributed by atoms with van der Waals surface area (Å²) >= 11 is 0. The second kappa shape index (κ2) is 6.29. The lowest BCUT2D eigenvalue weighted by molar-refractivity contribution is 0.107. The van der Waals surface area contributed by atoms with Gasteiger partial charge in [-0.05, 0) is 17.5 Å². The third-order valence-electron chi connectivity index (χ3n) is 3.62. The van der Waals surface area contributed by atoms with Crippen LogP contribution in [0.3, 0.4) is 0 Å². The van der Waals surface area contributed by atoms with Gasteiger partial charge in [0, 0.05) is 26.2 Å². The highest BCUT2D eigenvalue weighted by molar-refractivity contribution is 5.22. The van der Waals surface area contributed by atoms with E-state index in [0.717, 1.165) is 25.1 Å². The van der Waals surface area contributed by atoms with Crippen LogP contribution in [0.5, 0.6) is 0 Å². The Hall–Kier alpha value is -0.940. The predicted octanol–water partition coefficient (Wildman–Crippen LogP) is 0.760. The highest BCUT2D eigenvalue weighted by Gasteiger charge is 2.31. The largest absolute Gasteiger partial charge is 0.395 e. The normalized spacial score (nSPS) is 24.6. The Morgan fingerprint density at radius 1 is 1.22 bits per heavy atom. The minimum atomic E-state index is 0.0784. The monoisotopic (exact) mass is 251 g/mol. The molecule has 1 fully saturated rings. The molecular formula is C14H21NO3. The summed E-state index contributed by atoms with van der Waals surface area (Å²) in [5, 5.41) is 18.4. The molecule has 0 aromatic heterocycles. The van der Waals surface area contributed by atoms with Crippen molar-refractivity contribution in [2.75, 3.05) is 20.3 Å². The zero-order chi connectivity index (χ0) is 13.0. The summed E-state index contributed by atoms with van der Waals surface area (Å²) in [5.74, 6) is 0. The second-order valence-electron chi connectivity index (χ2n) is 4.83. The highest BCUT2D eigenvalue weighted by atomic mass is 16.5. The first kappa shape index (κ1) is 13.5. The number of aliphatic hydroxyl groups excluding tert-OH is 2. The fraction of sp³-hybridized carbons (Fsp3) is 0.571. The summed E-state index contributed by atoms with van der Waals surface area (Å²) in [6.45, 7) is 1.93. The molecule has 0 amide bonds. The van der Waals surface area contributed by atoms with Gasteiger partial charge in [0.1, 0.15) is 0 Å². The molecule has 1 heterocycles. The van der Waals surface area contributed by atoms with Gasteiger partial charge in [-0.15, -0.1) is 0 Å². The summed E-state index contributed by atoms with van der Waals surface area (Å²) in [7, 11) is 1.72. The minimum Gasteiger partial charge on any atom is -0.395 e. The van der Waals surface area contributed by atoms with Crippen molar-refractivity contribution in [3.63, 3.8) is 0 Å². The van der Waals surface area contributed by atoms with Crippen LogP contribution in [-0.4, -0.2) is 47.5 Å². The van der Waals surface area contributed by atoms with Gasteiger partial charge in [-0.25, -0.2) is 0 Å². The van der Waals surface area contributed by atoms with E-state index in [1.165, 1.54) is 5.56 Å². The third-order valence-corrected chi connectivity index (χ3v) is 3.62. The molecule has 0 unspecified atom stereocenters. The lowest BCUT2D eigenvalue weighted by Crippen LogP contribution is -2.31. The fourth-order valence-corrected chi connectivity index (χ4v) is 2.48. The van der Waals surface area contributed by atoms with Crippen LogP contribution in [0.2, 0.25) is 0 Å². The molecule has 1 aliphatic heterocycles. The van der Waals surface area contributed by atoms with E-state index in [1.807, 2.05) is 24.3 Å². The van der Waals surface area contributed by atoms with E-state index >= 15 is 0 Å². The summed E-state index contributed by atoms with van der Waals surface area (Å²) in [4.78, 5) is 2.25. The number of ether oxygens (including phenoxy) is 1. The predicted molar refractivity (Wildman–Crippen MR) is 69.1 cm³/mol. The van der Waals surface area contributed by atoms with Crippen LogP contribution in [0, 0.1) is 0 Å². The lowest BCUT2D eigenvalue weighted by atomic mass is 10.1. The second-order valence-corrected chi connectivity index (χ2v) is 4.83. The van der Waals surface area contributed by atoms with Gasteiger partial charge in [0.05, 0.1) is 19.3 Å². The van der Waals surface area contributed by atoms with Crippen molar-refractivity contribution in [3.05, 3.63) is 35.4 Å². The molecule has 0 aliphatic carbocycles. The Morgan fingerprint density at radius 3 is 2.44 bits per heavy atom. The molecule has 1 aliphatic rings. The molecule has 1 aromatic carbocycles. The van der Waals surface area contributed by atoms with Crippen LogP contribution in [0.25, 0.3) is 0 Å². The Kier molecular flexibility index (Phi) is 4.72. The number of aliphatic hydroxyl groups is 2. The zero-order valence-electron chi connectivity index (χ0n) is 10.7. The summed E-state index contributed by atoms with van der Waals surface area (Å²) in [5.41, 5.74) is 2.12. The molecule has 2 rings (SSSR count). The molecule has 0 spiro atoms. The van der Waals surface area contributed by atoms with Gasteiger partial charge in [-0.2, -0.15) is 0 Å². The van der Waals surface area contributed by atoms with E-state index in [4.69, 9.17) is 9.84 Å². The van der Waals surface area contributed by atoms with Crippen molar-refractivity contribution in [2.24, 2.45) is 0 Å². The standard InChI is InChI=1S/C14H21NO3/c1-18-14-6-13(10-17)15(8-14)7-11-2-4-12(9-16)5-3-11/h2-5,13-14,16-17H,6-10H2,1H3/t13-,14+/m0/s1. The van der Waals surface area contributed by atoms with E-state index in [9.17, 15) is 5.11 Å². The summed E-state index contributed by atoms with van der Waals surface area (Å²) in [6.07, 6.45) is 1.11. The smallest absolute Gasteiger partial charge is 0.0714 e. The van der Waals surface area contributed by atoms with Crippen LogP contribution in [0.15, 0.2) is 24.3 Å². The fourth-order valence-electron chi connectivity index (χ4n) is 2.48. The average Bonchev–Trinajstić information content (AvgIpc) is 2.82. The number of benzene rings is 1. The number of rotatable bonds is 5. The Labute approximate surface area is 108 Å². The molecule has 2 N–H and O–H groups in total. The van der Waals surface area contributed by atoms with E-state index in [2.05, 4.69) is 4.90 Å². The molecule has 18 heavy (non-hydrogen) atoms. The lowest BCUT2D eigenvalue weighted by Gasteiger charge is -2.22. The molecule has 100 valence electrons. The van der Waals surface area contributed by atoms with Gasteiger partial charge < -0.3 is 14.9 Å². The molecule has 4 heteroatoms. The van der Waals surface area contributed by atoms with Crippen LogP contribution in [0.1, 0.15) is 17.5 Å². The molecule has 4 nitrogen and oxygen atoms in total. The van der Waals surface area contributed by atoms with Crippen molar-refractivity contribution < 1.29 is 14.9 Å². The van der Waals surface area contributed by atoms with Crippen molar-refractivity contribution in [3.8, 4) is 0 Å². The zero-order valence-corrected chi connectivity index (χ0v) is 10.7. The number of likely N-dealkylation sites (tertiary alicyclic amines) is 1. The maximum Gasteiger partial charge on any atom is 0.0714 e. The van der Waals surface area contributed by atoms with Crippen LogP contribution < -0.4 is 0 Å². The number of methoxy groups -OCH3 is 1. The van der Waals surface area contributed by atoms with Crippen molar-refractivity contribution in [1.82, 2.24) is 4.90 Å². The van der Waals surface area contributed by atoms with Crippen molar-refractivity contribution in [1.29, 1.82) is 0 Å². The van der Waals surface area contributed by atoms with E-state index in [1.54, 1.807) is 7.11 Å². The average molecular weight is 251 g/mol. The molecule has 2 atom stereocenters. The molecule has 0 bridgehead atoms. The van der Waals surface area contributed by atoms with Gasteiger partial charge in [0.25, 0.3) is 0 Å².